The third kappa shape index (κ3) is 5.22. The van der Waals surface area contributed by atoms with Crippen molar-refractivity contribution in [3.63, 3.8) is 0 Å². The minimum absolute atomic E-state index is 0.268. The molecule has 0 aliphatic carbocycles. The first-order valence-corrected chi connectivity index (χ1v) is 11.2. The Kier molecular flexibility index (Phi) is 6.39. The molecule has 10 nitrogen and oxygen atoms in total. The molecule has 0 saturated carbocycles. The van der Waals surface area contributed by atoms with Gasteiger partial charge in [0.2, 0.25) is 5.91 Å². The summed E-state index contributed by atoms with van der Waals surface area (Å²) in [5.74, 6) is 0.501. The quantitative estimate of drug-likeness (QED) is 0.432. The van der Waals surface area contributed by atoms with E-state index in [0.717, 1.165) is 10.2 Å². The number of amides is 2. The first kappa shape index (κ1) is 22.8. The smallest absolute Gasteiger partial charge is 0.274 e. The van der Waals surface area contributed by atoms with E-state index in [9.17, 15) is 14.4 Å². The molecule has 1 aliphatic heterocycles. The minimum Gasteiger partial charge on any atom is -0.486 e. The van der Waals surface area contributed by atoms with Crippen LogP contribution in [0.3, 0.4) is 0 Å². The van der Waals surface area contributed by atoms with Gasteiger partial charge in [-0.3, -0.25) is 19.4 Å². The van der Waals surface area contributed by atoms with E-state index in [0.29, 0.717) is 47.5 Å². The number of nitrogens with zero attached hydrogens (tertiary/aromatic N) is 3. The number of nitrogens with one attached hydrogen (secondary N) is 2. The van der Waals surface area contributed by atoms with Gasteiger partial charge in [0.15, 0.2) is 11.5 Å². The fourth-order valence-electron chi connectivity index (χ4n) is 3.58. The number of rotatable bonds is 6. The molecule has 3 heterocycles. The average molecular weight is 483 g/mol. The van der Waals surface area contributed by atoms with Crippen molar-refractivity contribution in [2.45, 2.75) is 6.54 Å². The topological polar surface area (TPSA) is 124 Å². The van der Waals surface area contributed by atoms with Crippen molar-refractivity contribution in [3.8, 4) is 22.8 Å². The standard InChI is InChI=1S/C26H21N5O5/c32-24(28-18-5-7-19(8-6-18)29-26(34)21-3-1-2-12-27-21)16-31-25(33)11-9-20(30-31)17-4-10-22-23(15-17)36-14-13-35-22/h1-12,15H,13-14,16H2,(H,28,32)(H,29,34). The van der Waals surface area contributed by atoms with Crippen LogP contribution in [-0.2, 0) is 11.3 Å². The van der Waals surface area contributed by atoms with Crippen molar-refractivity contribution in [3.05, 3.63) is 95.0 Å². The molecule has 2 N–H and O–H groups in total. The predicted molar refractivity (Wildman–Crippen MR) is 132 cm³/mol. The lowest BCUT2D eigenvalue weighted by molar-refractivity contribution is -0.117. The number of anilines is 2. The van der Waals surface area contributed by atoms with Crippen LogP contribution in [0, 0.1) is 0 Å². The molecule has 0 unspecified atom stereocenters. The van der Waals surface area contributed by atoms with E-state index in [-0.39, 0.29) is 12.5 Å². The first-order valence-electron chi connectivity index (χ1n) is 11.2. The third-order valence-corrected chi connectivity index (χ3v) is 5.32. The molecule has 2 amide bonds. The molecule has 0 radical (unpaired) electrons. The highest BCUT2D eigenvalue weighted by Gasteiger charge is 2.14. The molecular formula is C26H21N5O5. The van der Waals surface area contributed by atoms with Crippen LogP contribution in [0.4, 0.5) is 11.4 Å². The van der Waals surface area contributed by atoms with Gasteiger partial charge in [0.1, 0.15) is 25.5 Å². The number of benzene rings is 2. The molecule has 0 atom stereocenters. The molecule has 180 valence electrons. The Hall–Kier alpha value is -4.99. The summed E-state index contributed by atoms with van der Waals surface area (Å²) in [6.45, 7) is 0.684. The van der Waals surface area contributed by atoms with E-state index < -0.39 is 11.5 Å². The molecule has 5 rings (SSSR count). The highest BCUT2D eigenvalue weighted by atomic mass is 16.6. The zero-order valence-corrected chi connectivity index (χ0v) is 19.0. The summed E-state index contributed by atoms with van der Waals surface area (Å²) in [7, 11) is 0. The Morgan fingerprint density at radius 2 is 1.61 bits per heavy atom. The fraction of sp³-hybridized carbons (Fsp3) is 0.115. The van der Waals surface area contributed by atoms with Gasteiger partial charge in [-0.25, -0.2) is 4.68 Å². The largest absolute Gasteiger partial charge is 0.486 e. The van der Waals surface area contributed by atoms with Crippen molar-refractivity contribution in [1.82, 2.24) is 14.8 Å². The molecule has 4 aromatic rings. The maximum atomic E-state index is 12.6. The van der Waals surface area contributed by atoms with Gasteiger partial charge < -0.3 is 20.1 Å². The summed E-state index contributed by atoms with van der Waals surface area (Å²) >= 11 is 0. The SMILES string of the molecule is O=C(Cn1nc(-c2ccc3c(c2)OCCO3)ccc1=O)Nc1ccc(NC(=O)c2ccccn2)cc1. The molecule has 0 saturated heterocycles. The lowest BCUT2D eigenvalue weighted by atomic mass is 10.1. The van der Waals surface area contributed by atoms with Crippen molar-refractivity contribution in [1.29, 1.82) is 0 Å². The van der Waals surface area contributed by atoms with Gasteiger partial charge in [0, 0.05) is 29.2 Å². The molecule has 36 heavy (non-hydrogen) atoms. The van der Waals surface area contributed by atoms with E-state index in [1.165, 1.54) is 6.07 Å². The number of ether oxygens (including phenoxy) is 2. The van der Waals surface area contributed by atoms with Crippen LogP contribution in [-0.4, -0.2) is 39.8 Å². The summed E-state index contributed by atoms with van der Waals surface area (Å²) in [5, 5.41) is 9.81. The lowest BCUT2D eigenvalue weighted by Crippen LogP contribution is -2.29. The van der Waals surface area contributed by atoms with E-state index in [1.54, 1.807) is 66.9 Å². The number of pyridine rings is 1. The number of fused-ring (bicyclic) bond motifs is 1. The number of carbonyl (C=O) groups excluding carboxylic acids is 2. The van der Waals surface area contributed by atoms with Crippen LogP contribution < -0.4 is 25.7 Å². The Balaban J connectivity index is 1.24. The van der Waals surface area contributed by atoms with E-state index in [1.807, 2.05) is 6.07 Å². The van der Waals surface area contributed by atoms with Gasteiger partial charge in [0.05, 0.1) is 5.69 Å². The summed E-state index contributed by atoms with van der Waals surface area (Å²) in [4.78, 5) is 41.1. The minimum atomic E-state index is -0.422. The van der Waals surface area contributed by atoms with Crippen molar-refractivity contribution in [2.24, 2.45) is 0 Å². The maximum absolute atomic E-state index is 12.6. The van der Waals surface area contributed by atoms with Crippen LogP contribution in [0.5, 0.6) is 11.5 Å². The molecular weight excluding hydrogens is 462 g/mol. The first-order chi connectivity index (χ1) is 17.5. The molecule has 0 fully saturated rings. The van der Waals surface area contributed by atoms with E-state index in [4.69, 9.17) is 9.47 Å². The monoisotopic (exact) mass is 483 g/mol. The van der Waals surface area contributed by atoms with Crippen LogP contribution in [0.2, 0.25) is 0 Å². The lowest BCUT2D eigenvalue weighted by Gasteiger charge is -2.18. The molecule has 10 heteroatoms. The maximum Gasteiger partial charge on any atom is 0.274 e. The second-order valence-electron chi connectivity index (χ2n) is 7.87. The molecule has 0 spiro atoms. The fourth-order valence-corrected chi connectivity index (χ4v) is 3.58. The predicted octanol–water partition coefficient (Wildman–Crippen LogP) is 2.97. The second-order valence-corrected chi connectivity index (χ2v) is 7.87. The number of aromatic nitrogens is 3. The zero-order valence-electron chi connectivity index (χ0n) is 19.0. The molecule has 0 bridgehead atoms. The van der Waals surface area contributed by atoms with Crippen molar-refractivity contribution in [2.75, 3.05) is 23.8 Å². The Bertz CT molecular complexity index is 1470. The summed E-state index contributed by atoms with van der Waals surface area (Å²) in [5.41, 5.74) is 2.20. The van der Waals surface area contributed by atoms with E-state index >= 15 is 0 Å². The van der Waals surface area contributed by atoms with E-state index in [2.05, 4.69) is 20.7 Å². The highest BCUT2D eigenvalue weighted by molar-refractivity contribution is 6.03. The summed E-state index contributed by atoms with van der Waals surface area (Å²) < 4.78 is 12.2. The third-order valence-electron chi connectivity index (χ3n) is 5.32. The van der Waals surface area contributed by atoms with Crippen LogP contribution in [0.25, 0.3) is 11.3 Å². The highest BCUT2D eigenvalue weighted by Crippen LogP contribution is 2.33. The van der Waals surface area contributed by atoms with Gasteiger partial charge in [-0.1, -0.05) is 6.07 Å². The summed E-state index contributed by atoms with van der Waals surface area (Å²) in [6.07, 6.45) is 1.54. The number of hydrogen-bond donors (Lipinski definition) is 2. The van der Waals surface area contributed by atoms with Crippen LogP contribution in [0.1, 0.15) is 10.5 Å². The second kappa shape index (κ2) is 10.1. The van der Waals surface area contributed by atoms with Crippen LogP contribution >= 0.6 is 0 Å². The van der Waals surface area contributed by atoms with Crippen molar-refractivity contribution < 1.29 is 19.1 Å². The van der Waals surface area contributed by atoms with Gasteiger partial charge in [-0.15, -0.1) is 0 Å². The molecule has 2 aromatic carbocycles. The summed E-state index contributed by atoms with van der Waals surface area (Å²) in [6, 6.07) is 20.0. The van der Waals surface area contributed by atoms with Gasteiger partial charge in [0.25, 0.3) is 11.5 Å². The van der Waals surface area contributed by atoms with Gasteiger partial charge >= 0.3 is 0 Å². The van der Waals surface area contributed by atoms with Gasteiger partial charge in [-0.05, 0) is 60.7 Å². The number of hydrogen-bond acceptors (Lipinski definition) is 7. The van der Waals surface area contributed by atoms with Crippen molar-refractivity contribution >= 4 is 23.2 Å². The molecule has 1 aliphatic rings. The number of carbonyl (C=O) groups is 2. The Labute approximate surface area is 205 Å². The normalized spacial score (nSPS) is 12.0. The Morgan fingerprint density at radius 1 is 0.861 bits per heavy atom. The van der Waals surface area contributed by atoms with Gasteiger partial charge in [-0.2, -0.15) is 5.10 Å². The zero-order chi connectivity index (χ0) is 24.9. The molecule has 2 aromatic heterocycles. The van der Waals surface area contributed by atoms with Crippen LogP contribution in [0.15, 0.2) is 83.8 Å². The Morgan fingerprint density at radius 3 is 2.36 bits per heavy atom. The average Bonchev–Trinajstić information content (AvgIpc) is 2.91.